The first-order valence-corrected chi connectivity index (χ1v) is 7.56. The van der Waals surface area contributed by atoms with E-state index < -0.39 is 12.1 Å². The molecule has 1 aromatic carbocycles. The number of hydrogen-bond acceptors (Lipinski definition) is 2. The Morgan fingerprint density at radius 3 is 2.48 bits per heavy atom. The Balaban J connectivity index is 1.86. The van der Waals surface area contributed by atoms with Gasteiger partial charge in [-0.15, -0.1) is 0 Å². The molecule has 2 rings (SSSR count). The Hall–Kier alpha value is -1.07. The number of halogens is 3. The van der Waals surface area contributed by atoms with Crippen molar-refractivity contribution in [3.63, 3.8) is 0 Å². The number of alkyl halides is 3. The third-order valence-electron chi connectivity index (χ3n) is 4.03. The van der Waals surface area contributed by atoms with Gasteiger partial charge >= 0.3 is 6.18 Å². The van der Waals surface area contributed by atoms with Gasteiger partial charge in [-0.3, -0.25) is 4.90 Å². The van der Waals surface area contributed by atoms with Crippen LogP contribution in [0.5, 0.6) is 0 Å². The summed E-state index contributed by atoms with van der Waals surface area (Å²) >= 11 is 0. The van der Waals surface area contributed by atoms with Gasteiger partial charge in [-0.05, 0) is 43.6 Å². The van der Waals surface area contributed by atoms with Crippen LogP contribution in [0.15, 0.2) is 24.3 Å². The largest absolute Gasteiger partial charge is 0.391 e. The Kier molecular flexibility index (Phi) is 5.65. The van der Waals surface area contributed by atoms with E-state index in [9.17, 15) is 13.2 Å². The van der Waals surface area contributed by atoms with Gasteiger partial charge in [0.25, 0.3) is 0 Å². The summed E-state index contributed by atoms with van der Waals surface area (Å²) in [6, 6.07) is 8.27. The average Bonchev–Trinajstić information content (AvgIpc) is 2.45. The molecule has 0 radical (unpaired) electrons. The molecule has 0 saturated carbocycles. The van der Waals surface area contributed by atoms with Crippen LogP contribution in [0.1, 0.15) is 30.9 Å². The minimum atomic E-state index is -4.03. The zero-order valence-corrected chi connectivity index (χ0v) is 12.4. The molecule has 1 heterocycles. The first-order chi connectivity index (χ1) is 9.99. The van der Waals surface area contributed by atoms with E-state index in [4.69, 9.17) is 0 Å². The second-order valence-electron chi connectivity index (χ2n) is 5.69. The highest BCUT2D eigenvalue weighted by molar-refractivity contribution is 5.23. The van der Waals surface area contributed by atoms with Crippen molar-refractivity contribution in [1.82, 2.24) is 10.2 Å². The van der Waals surface area contributed by atoms with Crippen molar-refractivity contribution in [3.8, 4) is 0 Å². The standard InChI is InChI=1S/C16H23F3N2/c1-2-20-11-13-4-3-5-14(10-13)12-21-8-6-15(7-9-21)16(17,18)19/h3-5,10,15,20H,2,6-9,11-12H2,1H3. The van der Waals surface area contributed by atoms with Gasteiger partial charge in [-0.25, -0.2) is 0 Å². The van der Waals surface area contributed by atoms with E-state index in [1.165, 1.54) is 11.1 Å². The number of piperidine rings is 1. The smallest absolute Gasteiger partial charge is 0.313 e. The average molecular weight is 300 g/mol. The second-order valence-corrected chi connectivity index (χ2v) is 5.69. The lowest BCUT2D eigenvalue weighted by Crippen LogP contribution is -2.38. The summed E-state index contributed by atoms with van der Waals surface area (Å²) in [6.07, 6.45) is -3.58. The van der Waals surface area contributed by atoms with Gasteiger partial charge in [0.1, 0.15) is 0 Å². The lowest BCUT2D eigenvalue weighted by Gasteiger charge is -2.32. The predicted octanol–water partition coefficient (Wildman–Crippen LogP) is 3.57. The fourth-order valence-corrected chi connectivity index (χ4v) is 2.78. The summed E-state index contributed by atoms with van der Waals surface area (Å²) in [6.45, 7) is 5.62. The van der Waals surface area contributed by atoms with Gasteiger partial charge in [0.2, 0.25) is 0 Å². The van der Waals surface area contributed by atoms with Crippen LogP contribution in [0.25, 0.3) is 0 Å². The van der Waals surface area contributed by atoms with Crippen molar-refractivity contribution in [3.05, 3.63) is 35.4 Å². The number of rotatable bonds is 5. The fraction of sp³-hybridized carbons (Fsp3) is 0.625. The SMILES string of the molecule is CCNCc1cccc(CN2CCC(C(F)(F)F)CC2)c1. The maximum atomic E-state index is 12.6. The molecule has 118 valence electrons. The molecule has 0 spiro atoms. The number of hydrogen-bond donors (Lipinski definition) is 1. The van der Waals surface area contributed by atoms with Gasteiger partial charge in [-0.2, -0.15) is 13.2 Å². The van der Waals surface area contributed by atoms with E-state index in [0.717, 1.165) is 19.6 Å². The summed E-state index contributed by atoms with van der Waals surface area (Å²) in [7, 11) is 0. The van der Waals surface area contributed by atoms with E-state index >= 15 is 0 Å². The lowest BCUT2D eigenvalue weighted by molar-refractivity contribution is -0.185. The Labute approximate surface area is 124 Å². The topological polar surface area (TPSA) is 15.3 Å². The maximum absolute atomic E-state index is 12.6. The predicted molar refractivity (Wildman–Crippen MR) is 77.9 cm³/mol. The zero-order valence-electron chi connectivity index (χ0n) is 12.4. The highest BCUT2D eigenvalue weighted by Crippen LogP contribution is 2.34. The number of benzene rings is 1. The van der Waals surface area contributed by atoms with Crippen LogP contribution in [0.4, 0.5) is 13.2 Å². The van der Waals surface area contributed by atoms with Crippen molar-refractivity contribution < 1.29 is 13.2 Å². The van der Waals surface area contributed by atoms with Crippen LogP contribution in [0.2, 0.25) is 0 Å². The molecule has 1 N–H and O–H groups in total. The van der Waals surface area contributed by atoms with Crippen LogP contribution in [0, 0.1) is 5.92 Å². The molecule has 1 aromatic rings. The highest BCUT2D eigenvalue weighted by Gasteiger charge is 2.40. The van der Waals surface area contributed by atoms with Gasteiger partial charge in [0, 0.05) is 13.1 Å². The molecule has 0 unspecified atom stereocenters. The molecule has 2 nitrogen and oxygen atoms in total. The highest BCUT2D eigenvalue weighted by atomic mass is 19.4. The summed E-state index contributed by atoms with van der Waals surface area (Å²) < 4.78 is 37.9. The molecule has 0 amide bonds. The molecular weight excluding hydrogens is 277 g/mol. The van der Waals surface area contributed by atoms with Gasteiger partial charge < -0.3 is 5.32 Å². The first-order valence-electron chi connectivity index (χ1n) is 7.56. The number of nitrogens with one attached hydrogen (secondary N) is 1. The second kappa shape index (κ2) is 7.27. The summed E-state index contributed by atoms with van der Waals surface area (Å²) in [4.78, 5) is 2.12. The first kappa shape index (κ1) is 16.3. The Morgan fingerprint density at radius 1 is 1.19 bits per heavy atom. The van der Waals surface area contributed by atoms with Crippen molar-refractivity contribution in [2.75, 3.05) is 19.6 Å². The lowest BCUT2D eigenvalue weighted by atomic mass is 9.96. The monoisotopic (exact) mass is 300 g/mol. The van der Waals surface area contributed by atoms with Crippen molar-refractivity contribution in [2.45, 2.75) is 39.0 Å². The van der Waals surface area contributed by atoms with Crippen LogP contribution < -0.4 is 5.32 Å². The molecule has 1 saturated heterocycles. The van der Waals surface area contributed by atoms with Crippen LogP contribution in [-0.4, -0.2) is 30.7 Å². The van der Waals surface area contributed by atoms with Crippen molar-refractivity contribution >= 4 is 0 Å². The molecule has 1 aliphatic heterocycles. The zero-order chi connectivity index (χ0) is 15.3. The summed E-state index contributed by atoms with van der Waals surface area (Å²) in [5, 5.41) is 3.28. The summed E-state index contributed by atoms with van der Waals surface area (Å²) in [5.41, 5.74) is 2.40. The number of nitrogens with zero attached hydrogens (tertiary/aromatic N) is 1. The van der Waals surface area contributed by atoms with E-state index in [0.29, 0.717) is 13.1 Å². The van der Waals surface area contributed by atoms with Crippen molar-refractivity contribution in [1.29, 1.82) is 0 Å². The molecule has 0 aromatic heterocycles. The minimum Gasteiger partial charge on any atom is -0.313 e. The van der Waals surface area contributed by atoms with Crippen LogP contribution in [0.3, 0.4) is 0 Å². The van der Waals surface area contributed by atoms with Crippen molar-refractivity contribution in [2.24, 2.45) is 5.92 Å². The van der Waals surface area contributed by atoms with E-state index in [-0.39, 0.29) is 12.8 Å². The number of likely N-dealkylation sites (tertiary alicyclic amines) is 1. The maximum Gasteiger partial charge on any atom is 0.391 e. The molecule has 0 aliphatic carbocycles. The molecule has 0 bridgehead atoms. The normalized spacial score (nSPS) is 18.1. The minimum absolute atomic E-state index is 0.223. The quantitative estimate of drug-likeness (QED) is 0.894. The summed E-state index contributed by atoms with van der Waals surface area (Å²) in [5.74, 6) is -1.12. The van der Waals surface area contributed by atoms with Crippen LogP contribution >= 0.6 is 0 Å². The molecule has 0 atom stereocenters. The van der Waals surface area contributed by atoms with E-state index in [1.807, 2.05) is 12.1 Å². The van der Waals surface area contributed by atoms with Gasteiger partial charge in [0.05, 0.1) is 5.92 Å². The third-order valence-corrected chi connectivity index (χ3v) is 4.03. The molecule has 1 aliphatic rings. The van der Waals surface area contributed by atoms with E-state index in [1.54, 1.807) is 0 Å². The van der Waals surface area contributed by atoms with Gasteiger partial charge in [0.15, 0.2) is 0 Å². The molecular formula is C16H23F3N2. The van der Waals surface area contributed by atoms with E-state index in [2.05, 4.69) is 29.3 Å². The Morgan fingerprint density at radius 2 is 1.86 bits per heavy atom. The molecule has 5 heteroatoms. The van der Waals surface area contributed by atoms with Gasteiger partial charge in [-0.1, -0.05) is 31.2 Å². The van der Waals surface area contributed by atoms with Crippen LogP contribution in [-0.2, 0) is 13.1 Å². The Bertz CT molecular complexity index is 437. The third kappa shape index (κ3) is 5.00. The molecule has 21 heavy (non-hydrogen) atoms. The molecule has 1 fully saturated rings. The fourth-order valence-electron chi connectivity index (χ4n) is 2.78.